The van der Waals surface area contributed by atoms with E-state index in [0.29, 0.717) is 17.6 Å². The van der Waals surface area contributed by atoms with Crippen molar-refractivity contribution < 1.29 is 4.42 Å². The first-order valence-corrected chi connectivity index (χ1v) is 4.25. The molecule has 0 bridgehead atoms. The van der Waals surface area contributed by atoms with Crippen molar-refractivity contribution in [1.82, 2.24) is 24.6 Å². The lowest BCUT2D eigenvalue weighted by Gasteiger charge is -2.01. The summed E-state index contributed by atoms with van der Waals surface area (Å²) < 4.78 is 6.62. The zero-order chi connectivity index (χ0) is 10.1. The molecule has 0 radical (unpaired) electrons. The van der Waals surface area contributed by atoms with Gasteiger partial charge < -0.3 is 4.42 Å². The van der Waals surface area contributed by atoms with Gasteiger partial charge in [-0.3, -0.25) is 5.32 Å². The maximum atomic E-state index is 5.13. The first-order valence-electron chi connectivity index (χ1n) is 4.25. The molecular formula is C8H6N6O. The number of aromatic nitrogens is 5. The summed E-state index contributed by atoms with van der Waals surface area (Å²) in [4.78, 5) is 11.9. The van der Waals surface area contributed by atoms with E-state index in [1.807, 2.05) is 0 Å². The molecule has 3 aromatic heterocycles. The Morgan fingerprint density at radius 3 is 3.00 bits per heavy atom. The van der Waals surface area contributed by atoms with E-state index >= 15 is 0 Å². The van der Waals surface area contributed by atoms with Crippen molar-refractivity contribution in [3.63, 3.8) is 0 Å². The van der Waals surface area contributed by atoms with Crippen molar-refractivity contribution in [2.45, 2.75) is 0 Å². The molecule has 0 aliphatic carbocycles. The number of rotatable bonds is 2. The molecule has 3 heterocycles. The molecule has 0 saturated heterocycles. The van der Waals surface area contributed by atoms with Crippen molar-refractivity contribution in [2.75, 3.05) is 5.32 Å². The van der Waals surface area contributed by atoms with Gasteiger partial charge in [-0.15, -0.1) is 0 Å². The summed E-state index contributed by atoms with van der Waals surface area (Å²) >= 11 is 0. The minimum absolute atomic E-state index is 0.485. The standard InChI is InChI=1S/C8H6N6O/c1-2-6(15-3-1)13-8-10-4-9-7-11-5-12-14(7)8/h1-5H,(H,9,10,11,12,13). The lowest BCUT2D eigenvalue weighted by Crippen LogP contribution is -2.03. The van der Waals surface area contributed by atoms with Crippen LogP contribution in [0.1, 0.15) is 0 Å². The summed E-state index contributed by atoms with van der Waals surface area (Å²) in [7, 11) is 0. The maximum absolute atomic E-state index is 5.13. The Morgan fingerprint density at radius 2 is 2.13 bits per heavy atom. The predicted octanol–water partition coefficient (Wildman–Crippen LogP) is 0.856. The summed E-state index contributed by atoms with van der Waals surface area (Å²) in [6.07, 6.45) is 4.40. The van der Waals surface area contributed by atoms with Crippen molar-refractivity contribution >= 4 is 17.6 Å². The van der Waals surface area contributed by atoms with E-state index in [0.717, 1.165) is 0 Å². The number of nitrogens with zero attached hydrogens (tertiary/aromatic N) is 5. The van der Waals surface area contributed by atoms with Gasteiger partial charge in [-0.2, -0.15) is 19.6 Å². The Balaban J connectivity index is 2.07. The molecule has 15 heavy (non-hydrogen) atoms. The Morgan fingerprint density at radius 1 is 1.20 bits per heavy atom. The monoisotopic (exact) mass is 202 g/mol. The summed E-state index contributed by atoms with van der Waals surface area (Å²) in [5.74, 6) is 1.58. The highest BCUT2D eigenvalue weighted by atomic mass is 16.3. The fourth-order valence-electron chi connectivity index (χ4n) is 1.21. The average Bonchev–Trinajstić information content (AvgIpc) is 2.87. The smallest absolute Gasteiger partial charge is 0.256 e. The molecule has 7 heteroatoms. The molecule has 0 unspecified atom stereocenters. The summed E-state index contributed by atoms with van der Waals surface area (Å²) in [5, 5.41) is 6.93. The molecule has 0 aliphatic rings. The number of nitrogens with one attached hydrogen (secondary N) is 1. The number of hydrogen-bond acceptors (Lipinski definition) is 6. The summed E-state index contributed by atoms with van der Waals surface area (Å²) in [6.45, 7) is 0. The molecule has 0 amide bonds. The van der Waals surface area contributed by atoms with Crippen molar-refractivity contribution in [1.29, 1.82) is 0 Å². The van der Waals surface area contributed by atoms with Crippen LogP contribution >= 0.6 is 0 Å². The Kier molecular flexibility index (Phi) is 1.61. The van der Waals surface area contributed by atoms with E-state index in [-0.39, 0.29) is 0 Å². The first-order chi connectivity index (χ1) is 7.43. The average molecular weight is 202 g/mol. The van der Waals surface area contributed by atoms with Crippen LogP contribution in [0.3, 0.4) is 0 Å². The molecule has 74 valence electrons. The van der Waals surface area contributed by atoms with Crippen molar-refractivity contribution in [3.05, 3.63) is 31.1 Å². The zero-order valence-electron chi connectivity index (χ0n) is 7.53. The Labute approximate surface area is 83.8 Å². The summed E-state index contributed by atoms with van der Waals surface area (Å²) in [5.41, 5.74) is 0. The second kappa shape index (κ2) is 3.05. The predicted molar refractivity (Wildman–Crippen MR) is 50.6 cm³/mol. The van der Waals surface area contributed by atoms with E-state index in [1.165, 1.54) is 17.2 Å². The van der Waals surface area contributed by atoms with Gasteiger partial charge in [-0.25, -0.2) is 4.98 Å². The molecule has 0 aromatic carbocycles. The van der Waals surface area contributed by atoms with Crippen LogP contribution in [0.25, 0.3) is 5.78 Å². The topological polar surface area (TPSA) is 81.1 Å². The molecule has 3 aromatic rings. The van der Waals surface area contributed by atoms with Crippen LogP contribution in [0.2, 0.25) is 0 Å². The van der Waals surface area contributed by atoms with Crippen molar-refractivity contribution in [3.8, 4) is 0 Å². The molecule has 7 nitrogen and oxygen atoms in total. The van der Waals surface area contributed by atoms with Crippen LogP contribution in [0.5, 0.6) is 0 Å². The van der Waals surface area contributed by atoms with Gasteiger partial charge in [0.1, 0.15) is 12.7 Å². The van der Waals surface area contributed by atoms with Crippen LogP contribution in [0.4, 0.5) is 11.8 Å². The van der Waals surface area contributed by atoms with Gasteiger partial charge >= 0.3 is 0 Å². The van der Waals surface area contributed by atoms with E-state index in [1.54, 1.807) is 18.4 Å². The number of fused-ring (bicyclic) bond motifs is 1. The Bertz CT molecular complexity index is 572. The minimum atomic E-state index is 0.485. The van der Waals surface area contributed by atoms with Crippen molar-refractivity contribution in [2.24, 2.45) is 0 Å². The molecule has 0 saturated carbocycles. The van der Waals surface area contributed by atoms with Gasteiger partial charge in [-0.1, -0.05) is 0 Å². The molecule has 3 rings (SSSR count). The third kappa shape index (κ3) is 1.30. The van der Waals surface area contributed by atoms with E-state index in [4.69, 9.17) is 4.42 Å². The van der Waals surface area contributed by atoms with Crippen LogP contribution in [-0.2, 0) is 0 Å². The van der Waals surface area contributed by atoms with Crippen LogP contribution in [0.15, 0.2) is 35.5 Å². The SMILES string of the molecule is c1coc(Nc2ncnc3ncnn23)c1. The number of hydrogen-bond donors (Lipinski definition) is 1. The van der Waals surface area contributed by atoms with Gasteiger partial charge in [-0.05, 0) is 6.07 Å². The van der Waals surface area contributed by atoms with E-state index < -0.39 is 0 Å². The lowest BCUT2D eigenvalue weighted by molar-refractivity contribution is 0.583. The molecule has 0 fully saturated rings. The molecule has 0 aliphatic heterocycles. The van der Waals surface area contributed by atoms with Crippen LogP contribution in [0, 0.1) is 0 Å². The fourth-order valence-corrected chi connectivity index (χ4v) is 1.21. The highest BCUT2D eigenvalue weighted by Gasteiger charge is 2.05. The Hall–Kier alpha value is -2.44. The van der Waals surface area contributed by atoms with Gasteiger partial charge in [0.2, 0.25) is 5.95 Å². The van der Waals surface area contributed by atoms with E-state index in [2.05, 4.69) is 25.4 Å². The number of furan rings is 1. The minimum Gasteiger partial charge on any atom is -0.449 e. The van der Waals surface area contributed by atoms with Gasteiger partial charge in [0.15, 0.2) is 5.88 Å². The van der Waals surface area contributed by atoms with Gasteiger partial charge in [0.05, 0.1) is 6.26 Å². The normalized spacial score (nSPS) is 10.7. The van der Waals surface area contributed by atoms with Crippen LogP contribution < -0.4 is 5.32 Å². The fraction of sp³-hybridized carbons (Fsp3) is 0. The van der Waals surface area contributed by atoms with Crippen LogP contribution in [-0.4, -0.2) is 24.6 Å². The third-order valence-corrected chi connectivity index (χ3v) is 1.84. The first kappa shape index (κ1) is 7.92. The highest BCUT2D eigenvalue weighted by Crippen LogP contribution is 2.13. The zero-order valence-corrected chi connectivity index (χ0v) is 7.53. The second-order valence-electron chi connectivity index (χ2n) is 2.77. The quantitative estimate of drug-likeness (QED) is 0.663. The number of anilines is 2. The molecule has 1 N–H and O–H groups in total. The maximum Gasteiger partial charge on any atom is 0.256 e. The largest absolute Gasteiger partial charge is 0.449 e. The van der Waals surface area contributed by atoms with Gasteiger partial charge in [0, 0.05) is 6.07 Å². The molecular weight excluding hydrogens is 196 g/mol. The highest BCUT2D eigenvalue weighted by molar-refractivity contribution is 5.47. The third-order valence-electron chi connectivity index (χ3n) is 1.84. The second-order valence-corrected chi connectivity index (χ2v) is 2.77. The molecule has 0 spiro atoms. The van der Waals surface area contributed by atoms with E-state index in [9.17, 15) is 0 Å². The lowest BCUT2D eigenvalue weighted by atomic mass is 10.6. The molecule has 0 atom stereocenters. The van der Waals surface area contributed by atoms with Gasteiger partial charge in [0.25, 0.3) is 5.78 Å². The summed E-state index contributed by atoms with van der Waals surface area (Å²) in [6, 6.07) is 3.56.